The minimum atomic E-state index is -0.270. The van der Waals surface area contributed by atoms with Gasteiger partial charge in [0, 0.05) is 24.4 Å². The molecular weight excluding hydrogens is 332 g/mol. The van der Waals surface area contributed by atoms with Crippen LogP contribution in [-0.2, 0) is 9.59 Å². The number of hydrogen-bond acceptors (Lipinski definition) is 4. The largest absolute Gasteiger partial charge is 0.490 e. The fourth-order valence-electron chi connectivity index (χ4n) is 3.59. The first-order chi connectivity index (χ1) is 12.6. The van der Waals surface area contributed by atoms with Gasteiger partial charge >= 0.3 is 0 Å². The van der Waals surface area contributed by atoms with Crippen molar-refractivity contribution in [2.45, 2.75) is 45.2 Å². The lowest BCUT2D eigenvalue weighted by Crippen LogP contribution is -2.34. The van der Waals surface area contributed by atoms with Gasteiger partial charge in [0.2, 0.25) is 11.8 Å². The Morgan fingerprint density at radius 1 is 1.42 bits per heavy atom. The number of amides is 2. The van der Waals surface area contributed by atoms with Gasteiger partial charge in [0.15, 0.2) is 11.3 Å². The molecule has 2 unspecified atom stereocenters. The van der Waals surface area contributed by atoms with Crippen molar-refractivity contribution >= 4 is 22.8 Å². The van der Waals surface area contributed by atoms with Gasteiger partial charge < -0.3 is 19.4 Å². The van der Waals surface area contributed by atoms with Crippen molar-refractivity contribution in [1.29, 1.82) is 0 Å². The van der Waals surface area contributed by atoms with Crippen molar-refractivity contribution < 1.29 is 18.7 Å². The normalized spacial score (nSPS) is 21.2. The molecule has 2 amide bonds. The number of nitrogens with zero attached hydrogens (tertiary/aromatic N) is 1. The Bertz CT molecular complexity index is 839. The van der Waals surface area contributed by atoms with Crippen molar-refractivity contribution in [2.75, 3.05) is 13.2 Å². The van der Waals surface area contributed by atoms with E-state index >= 15 is 0 Å². The van der Waals surface area contributed by atoms with Gasteiger partial charge in [0.05, 0.1) is 18.6 Å². The molecule has 1 aliphatic carbocycles. The summed E-state index contributed by atoms with van der Waals surface area (Å²) < 4.78 is 11.6. The number of fused-ring (bicyclic) bond motifs is 1. The van der Waals surface area contributed by atoms with Crippen LogP contribution in [0.2, 0.25) is 0 Å². The highest BCUT2D eigenvalue weighted by Crippen LogP contribution is 2.34. The third-order valence-corrected chi connectivity index (χ3v) is 5.13. The number of ether oxygens (including phenoxy) is 1. The summed E-state index contributed by atoms with van der Waals surface area (Å²) in [5.74, 6) is 1.14. The maximum absolute atomic E-state index is 12.6. The molecule has 4 rings (SSSR count). The second-order valence-electron chi connectivity index (χ2n) is 7.16. The van der Waals surface area contributed by atoms with Crippen LogP contribution in [0.25, 0.3) is 11.0 Å². The number of hydrogen-bond donors (Lipinski definition) is 1. The summed E-state index contributed by atoms with van der Waals surface area (Å²) in [7, 11) is 0. The van der Waals surface area contributed by atoms with E-state index in [1.54, 1.807) is 0 Å². The van der Waals surface area contributed by atoms with E-state index in [0.29, 0.717) is 42.7 Å². The van der Waals surface area contributed by atoms with Crippen molar-refractivity contribution in [2.24, 2.45) is 5.92 Å². The predicted octanol–water partition coefficient (Wildman–Crippen LogP) is 3.02. The van der Waals surface area contributed by atoms with Gasteiger partial charge in [-0.15, -0.1) is 0 Å². The van der Waals surface area contributed by atoms with Gasteiger partial charge in [-0.05, 0) is 38.8 Å². The molecule has 1 aromatic carbocycles. The van der Waals surface area contributed by atoms with Crippen LogP contribution >= 0.6 is 0 Å². The number of rotatable bonds is 6. The molecule has 6 nitrogen and oxygen atoms in total. The highest BCUT2D eigenvalue weighted by atomic mass is 16.5. The van der Waals surface area contributed by atoms with Crippen LogP contribution in [0.3, 0.4) is 0 Å². The molecule has 2 aliphatic rings. The molecule has 0 radical (unpaired) electrons. The van der Waals surface area contributed by atoms with Crippen LogP contribution in [0, 0.1) is 5.92 Å². The maximum Gasteiger partial charge on any atom is 0.226 e. The van der Waals surface area contributed by atoms with E-state index in [1.165, 1.54) is 0 Å². The standard InChI is InChI=1S/C20H24N2O4/c1-3-25-16-6-4-5-13-9-17(26-19(13)16)12(2)21-20(24)14-10-18(23)22(11-14)15-7-8-15/h4-6,9,12,14-15H,3,7-8,10-11H2,1-2H3,(H,21,24). The molecule has 2 atom stereocenters. The lowest BCUT2D eigenvalue weighted by atomic mass is 10.1. The Labute approximate surface area is 152 Å². The number of nitrogens with one attached hydrogen (secondary N) is 1. The van der Waals surface area contributed by atoms with Crippen molar-refractivity contribution in [3.63, 3.8) is 0 Å². The van der Waals surface area contributed by atoms with Gasteiger partial charge in [-0.2, -0.15) is 0 Å². The average molecular weight is 356 g/mol. The van der Waals surface area contributed by atoms with E-state index in [2.05, 4.69) is 5.32 Å². The third-order valence-electron chi connectivity index (χ3n) is 5.13. The second kappa shape index (κ2) is 6.67. The molecule has 0 bridgehead atoms. The molecule has 1 aliphatic heterocycles. The smallest absolute Gasteiger partial charge is 0.226 e. The highest BCUT2D eigenvalue weighted by Gasteiger charge is 2.42. The zero-order chi connectivity index (χ0) is 18.3. The lowest BCUT2D eigenvalue weighted by molar-refractivity contribution is -0.129. The average Bonchev–Trinajstić information content (AvgIpc) is 3.23. The first kappa shape index (κ1) is 16.9. The van der Waals surface area contributed by atoms with E-state index in [4.69, 9.17) is 9.15 Å². The van der Waals surface area contributed by atoms with E-state index in [-0.39, 0.29) is 23.8 Å². The van der Waals surface area contributed by atoms with Crippen LogP contribution in [0.15, 0.2) is 28.7 Å². The summed E-state index contributed by atoms with van der Waals surface area (Å²) in [4.78, 5) is 26.5. The number of likely N-dealkylation sites (tertiary alicyclic amines) is 1. The molecule has 1 saturated carbocycles. The van der Waals surface area contributed by atoms with E-state index in [1.807, 2.05) is 43.0 Å². The molecule has 1 saturated heterocycles. The van der Waals surface area contributed by atoms with Gasteiger partial charge in [0.25, 0.3) is 0 Å². The van der Waals surface area contributed by atoms with Gasteiger partial charge in [-0.3, -0.25) is 9.59 Å². The van der Waals surface area contributed by atoms with Crippen LogP contribution < -0.4 is 10.1 Å². The summed E-state index contributed by atoms with van der Waals surface area (Å²) in [6.07, 6.45) is 2.44. The summed E-state index contributed by atoms with van der Waals surface area (Å²) in [5, 5.41) is 3.95. The minimum Gasteiger partial charge on any atom is -0.490 e. The fraction of sp³-hybridized carbons (Fsp3) is 0.500. The number of para-hydroxylation sites is 1. The monoisotopic (exact) mass is 356 g/mol. The quantitative estimate of drug-likeness (QED) is 0.864. The van der Waals surface area contributed by atoms with Crippen LogP contribution in [0.5, 0.6) is 5.75 Å². The molecule has 26 heavy (non-hydrogen) atoms. The van der Waals surface area contributed by atoms with Crippen LogP contribution in [-0.4, -0.2) is 35.9 Å². The summed E-state index contributed by atoms with van der Waals surface area (Å²) in [5.41, 5.74) is 0.696. The van der Waals surface area contributed by atoms with Gasteiger partial charge in [0.1, 0.15) is 5.76 Å². The molecular formula is C20H24N2O4. The highest BCUT2D eigenvalue weighted by molar-refractivity contribution is 5.90. The van der Waals surface area contributed by atoms with Gasteiger partial charge in [-0.25, -0.2) is 0 Å². The first-order valence-electron chi connectivity index (χ1n) is 9.32. The second-order valence-corrected chi connectivity index (χ2v) is 7.16. The molecule has 138 valence electrons. The first-order valence-corrected chi connectivity index (χ1v) is 9.32. The number of benzene rings is 1. The van der Waals surface area contributed by atoms with E-state index < -0.39 is 0 Å². The number of carbonyl (C=O) groups excluding carboxylic acids is 2. The molecule has 2 fully saturated rings. The predicted molar refractivity (Wildman–Crippen MR) is 96.8 cm³/mol. The zero-order valence-electron chi connectivity index (χ0n) is 15.2. The summed E-state index contributed by atoms with van der Waals surface area (Å²) >= 11 is 0. The third kappa shape index (κ3) is 3.16. The molecule has 2 heterocycles. The summed E-state index contributed by atoms with van der Waals surface area (Å²) in [6.45, 7) is 4.93. The Morgan fingerprint density at radius 3 is 2.96 bits per heavy atom. The molecule has 1 aromatic heterocycles. The Kier molecular flexibility index (Phi) is 4.34. The molecule has 6 heteroatoms. The van der Waals surface area contributed by atoms with E-state index in [9.17, 15) is 9.59 Å². The Balaban J connectivity index is 1.45. The van der Waals surface area contributed by atoms with Gasteiger partial charge in [-0.1, -0.05) is 12.1 Å². The van der Waals surface area contributed by atoms with Crippen molar-refractivity contribution in [3.05, 3.63) is 30.0 Å². The lowest BCUT2D eigenvalue weighted by Gasteiger charge is -2.17. The summed E-state index contributed by atoms with van der Waals surface area (Å²) in [6, 6.07) is 7.78. The maximum atomic E-state index is 12.6. The zero-order valence-corrected chi connectivity index (χ0v) is 15.2. The number of furan rings is 1. The molecule has 2 aromatic rings. The molecule has 0 spiro atoms. The Hall–Kier alpha value is -2.50. The van der Waals surface area contributed by atoms with Crippen LogP contribution in [0.1, 0.15) is 44.9 Å². The van der Waals surface area contributed by atoms with Crippen LogP contribution in [0.4, 0.5) is 0 Å². The Morgan fingerprint density at radius 2 is 2.23 bits per heavy atom. The minimum absolute atomic E-state index is 0.0838. The number of carbonyl (C=O) groups is 2. The van der Waals surface area contributed by atoms with Crippen molar-refractivity contribution in [1.82, 2.24) is 10.2 Å². The van der Waals surface area contributed by atoms with E-state index in [0.717, 1.165) is 18.2 Å². The van der Waals surface area contributed by atoms with Crippen molar-refractivity contribution in [3.8, 4) is 5.75 Å². The molecule has 1 N–H and O–H groups in total. The SMILES string of the molecule is CCOc1cccc2cc(C(C)NC(=O)C3CC(=O)N(C4CC4)C3)oc12. The topological polar surface area (TPSA) is 71.8 Å². The fourth-order valence-corrected chi connectivity index (χ4v) is 3.59.